The lowest BCUT2D eigenvalue weighted by molar-refractivity contribution is -0.126. The van der Waals surface area contributed by atoms with E-state index in [1.165, 1.54) is 19.2 Å². The van der Waals surface area contributed by atoms with Crippen LogP contribution in [0.2, 0.25) is 0 Å². The minimum atomic E-state index is -0.387. The Morgan fingerprint density at radius 1 is 1.25 bits per heavy atom. The number of ether oxygens (including phenoxy) is 1. The lowest BCUT2D eigenvalue weighted by Gasteiger charge is -2.25. The van der Waals surface area contributed by atoms with Gasteiger partial charge in [0.2, 0.25) is 5.91 Å². The Balaban J connectivity index is 1.61. The molecule has 3 rings (SSSR count). The molecule has 0 unspecified atom stereocenters. The van der Waals surface area contributed by atoms with Crippen LogP contribution in [-0.2, 0) is 16.1 Å². The summed E-state index contributed by atoms with van der Waals surface area (Å²) in [6.07, 6.45) is 1.73. The van der Waals surface area contributed by atoms with Gasteiger partial charge in [-0.3, -0.25) is 9.69 Å². The second kappa shape index (κ2) is 8.97. The Kier molecular flexibility index (Phi) is 6.41. The van der Waals surface area contributed by atoms with Crippen LogP contribution < -0.4 is 5.32 Å². The molecule has 0 aliphatic carbocycles. The Morgan fingerprint density at radius 2 is 2.00 bits per heavy atom. The average molecular weight is 384 g/mol. The maximum atomic E-state index is 13.4. The van der Waals surface area contributed by atoms with E-state index in [1.807, 2.05) is 25.1 Å². The minimum Gasteiger partial charge on any atom is -0.465 e. The molecule has 0 saturated carbocycles. The van der Waals surface area contributed by atoms with Gasteiger partial charge in [-0.25, -0.2) is 9.18 Å². The van der Waals surface area contributed by atoms with Gasteiger partial charge in [0, 0.05) is 6.54 Å². The molecule has 28 heavy (non-hydrogen) atoms. The first-order chi connectivity index (χ1) is 13.5. The molecule has 2 aromatic carbocycles. The Bertz CT molecular complexity index is 838. The molecule has 0 spiro atoms. The second-order valence-electron chi connectivity index (χ2n) is 7.10. The molecule has 6 heteroatoms. The number of carbonyl (C=O) groups is 2. The summed E-state index contributed by atoms with van der Waals surface area (Å²) in [4.78, 5) is 26.4. The van der Waals surface area contributed by atoms with Crippen molar-refractivity contribution in [3.63, 3.8) is 0 Å². The summed E-state index contributed by atoms with van der Waals surface area (Å²) in [5.41, 5.74) is 2.25. The van der Waals surface area contributed by atoms with Crippen LogP contribution in [0.4, 0.5) is 4.39 Å². The van der Waals surface area contributed by atoms with Gasteiger partial charge in [0.1, 0.15) is 5.82 Å². The molecule has 1 fully saturated rings. The van der Waals surface area contributed by atoms with Gasteiger partial charge in [0.05, 0.1) is 24.8 Å². The van der Waals surface area contributed by atoms with E-state index < -0.39 is 0 Å². The smallest absolute Gasteiger partial charge is 0.337 e. The van der Waals surface area contributed by atoms with E-state index in [1.54, 1.807) is 18.2 Å². The lowest BCUT2D eigenvalue weighted by atomic mass is 10.1. The van der Waals surface area contributed by atoms with Crippen molar-refractivity contribution < 1.29 is 18.7 Å². The zero-order valence-electron chi connectivity index (χ0n) is 16.2. The molecule has 148 valence electrons. The monoisotopic (exact) mass is 384 g/mol. The predicted octanol–water partition coefficient (Wildman–Crippen LogP) is 3.45. The van der Waals surface area contributed by atoms with Crippen LogP contribution in [0.1, 0.15) is 47.3 Å². The molecule has 2 aromatic rings. The van der Waals surface area contributed by atoms with Gasteiger partial charge in [0.15, 0.2) is 0 Å². The van der Waals surface area contributed by atoms with Crippen molar-refractivity contribution >= 4 is 11.9 Å². The molecule has 5 nitrogen and oxygen atoms in total. The first kappa shape index (κ1) is 20.0. The summed E-state index contributed by atoms with van der Waals surface area (Å²) < 4.78 is 18.1. The van der Waals surface area contributed by atoms with Crippen molar-refractivity contribution in [2.45, 2.75) is 38.4 Å². The molecule has 2 atom stereocenters. The van der Waals surface area contributed by atoms with Crippen LogP contribution in [-0.4, -0.2) is 36.5 Å². The van der Waals surface area contributed by atoms with Gasteiger partial charge in [-0.2, -0.15) is 0 Å². The normalized spacial score (nSPS) is 17.9. The van der Waals surface area contributed by atoms with E-state index in [-0.39, 0.29) is 29.8 Å². The molecule has 0 radical (unpaired) electrons. The van der Waals surface area contributed by atoms with Gasteiger partial charge in [-0.05, 0) is 61.7 Å². The van der Waals surface area contributed by atoms with E-state index >= 15 is 0 Å². The first-order valence-corrected chi connectivity index (χ1v) is 9.45. The number of rotatable bonds is 6. The number of likely N-dealkylation sites (tertiary alicyclic amines) is 1. The maximum absolute atomic E-state index is 13.4. The van der Waals surface area contributed by atoms with Crippen molar-refractivity contribution in [1.82, 2.24) is 10.2 Å². The highest BCUT2D eigenvalue weighted by Crippen LogP contribution is 2.22. The van der Waals surface area contributed by atoms with E-state index in [0.29, 0.717) is 12.1 Å². The lowest BCUT2D eigenvalue weighted by Crippen LogP contribution is -2.43. The highest BCUT2D eigenvalue weighted by atomic mass is 19.1. The predicted molar refractivity (Wildman–Crippen MR) is 104 cm³/mol. The highest BCUT2D eigenvalue weighted by Gasteiger charge is 2.31. The third-order valence-corrected chi connectivity index (χ3v) is 5.13. The van der Waals surface area contributed by atoms with Gasteiger partial charge >= 0.3 is 5.97 Å². The Morgan fingerprint density at radius 3 is 2.68 bits per heavy atom. The second-order valence-corrected chi connectivity index (χ2v) is 7.10. The van der Waals surface area contributed by atoms with Crippen LogP contribution in [0.5, 0.6) is 0 Å². The summed E-state index contributed by atoms with van der Waals surface area (Å²) in [5.74, 6) is -0.678. The third kappa shape index (κ3) is 4.75. The summed E-state index contributed by atoms with van der Waals surface area (Å²) in [6, 6.07) is 13.1. The maximum Gasteiger partial charge on any atom is 0.337 e. The number of halogens is 1. The summed E-state index contributed by atoms with van der Waals surface area (Å²) in [7, 11) is 1.34. The molecule has 1 aliphatic rings. The SMILES string of the molecule is COC(=O)c1ccc([C@H](C)NC(=O)[C@H]2CCCN2Cc2cccc(F)c2)cc1. The molecule has 1 amide bonds. The van der Waals surface area contributed by atoms with Crippen molar-refractivity contribution in [2.24, 2.45) is 0 Å². The van der Waals surface area contributed by atoms with Crippen LogP contribution >= 0.6 is 0 Å². The number of esters is 1. The van der Waals surface area contributed by atoms with E-state index in [2.05, 4.69) is 10.2 Å². The highest BCUT2D eigenvalue weighted by molar-refractivity contribution is 5.89. The van der Waals surface area contributed by atoms with Gasteiger partial charge < -0.3 is 10.1 Å². The largest absolute Gasteiger partial charge is 0.465 e. The van der Waals surface area contributed by atoms with Crippen molar-refractivity contribution in [3.05, 3.63) is 71.0 Å². The van der Waals surface area contributed by atoms with Gasteiger partial charge in [0.25, 0.3) is 0 Å². The van der Waals surface area contributed by atoms with Crippen molar-refractivity contribution in [2.75, 3.05) is 13.7 Å². The molecular weight excluding hydrogens is 359 g/mol. The fourth-order valence-corrected chi connectivity index (χ4v) is 3.60. The Labute approximate surface area is 164 Å². The number of nitrogens with one attached hydrogen (secondary N) is 1. The summed E-state index contributed by atoms with van der Waals surface area (Å²) >= 11 is 0. The summed E-state index contributed by atoms with van der Waals surface area (Å²) in [6.45, 7) is 3.28. The number of nitrogens with zero attached hydrogens (tertiary/aromatic N) is 1. The molecule has 0 bridgehead atoms. The Hall–Kier alpha value is -2.73. The third-order valence-electron chi connectivity index (χ3n) is 5.13. The molecular formula is C22H25FN2O3. The van der Waals surface area contributed by atoms with Crippen LogP contribution in [0.15, 0.2) is 48.5 Å². The standard InChI is InChI=1S/C22H25FN2O3/c1-15(17-8-10-18(11-9-17)22(27)28-2)24-21(26)20-7-4-12-25(20)14-16-5-3-6-19(23)13-16/h3,5-6,8-11,13,15,20H,4,7,12,14H2,1-2H3,(H,24,26)/t15-,20+/m0/s1. The van der Waals surface area contributed by atoms with Crippen LogP contribution in [0.3, 0.4) is 0 Å². The van der Waals surface area contributed by atoms with Gasteiger partial charge in [-0.1, -0.05) is 24.3 Å². The first-order valence-electron chi connectivity index (χ1n) is 9.45. The fraction of sp³-hybridized carbons (Fsp3) is 0.364. The molecule has 1 N–H and O–H groups in total. The number of benzene rings is 2. The number of hydrogen-bond acceptors (Lipinski definition) is 4. The van der Waals surface area contributed by atoms with Gasteiger partial charge in [-0.15, -0.1) is 0 Å². The zero-order valence-corrected chi connectivity index (χ0v) is 16.2. The minimum absolute atomic E-state index is 0.0292. The molecule has 0 aromatic heterocycles. The topological polar surface area (TPSA) is 58.6 Å². The molecule has 1 saturated heterocycles. The van der Waals surface area contributed by atoms with E-state index in [0.717, 1.165) is 30.5 Å². The van der Waals surface area contributed by atoms with Crippen LogP contribution in [0.25, 0.3) is 0 Å². The fourth-order valence-electron chi connectivity index (χ4n) is 3.60. The zero-order chi connectivity index (χ0) is 20.1. The number of carbonyl (C=O) groups excluding carboxylic acids is 2. The van der Waals surface area contributed by atoms with Crippen molar-refractivity contribution in [3.8, 4) is 0 Å². The number of hydrogen-bond donors (Lipinski definition) is 1. The van der Waals surface area contributed by atoms with Crippen LogP contribution in [0, 0.1) is 5.82 Å². The quantitative estimate of drug-likeness (QED) is 0.775. The molecule has 1 heterocycles. The van der Waals surface area contributed by atoms with Crippen molar-refractivity contribution in [1.29, 1.82) is 0 Å². The average Bonchev–Trinajstić information content (AvgIpc) is 3.15. The van der Waals surface area contributed by atoms with E-state index in [4.69, 9.17) is 4.74 Å². The molecule has 1 aliphatic heterocycles. The van der Waals surface area contributed by atoms with E-state index in [9.17, 15) is 14.0 Å². The number of amides is 1. The summed E-state index contributed by atoms with van der Waals surface area (Å²) in [5, 5.41) is 3.06. The number of methoxy groups -OCH3 is 1.